The zero-order chi connectivity index (χ0) is 15.5. The third-order valence-corrected chi connectivity index (χ3v) is 4.81. The molecule has 0 aliphatic carbocycles. The summed E-state index contributed by atoms with van der Waals surface area (Å²) in [5.41, 5.74) is 6.70. The first-order valence-corrected chi connectivity index (χ1v) is 8.12. The van der Waals surface area contributed by atoms with Gasteiger partial charge in [0.25, 0.3) is 0 Å². The van der Waals surface area contributed by atoms with E-state index in [0.29, 0.717) is 6.54 Å². The van der Waals surface area contributed by atoms with Crippen LogP contribution in [0.25, 0.3) is 0 Å². The number of aryl methyl sites for hydroxylation is 2. The molecular weight excluding hydrogens is 290 g/mol. The number of sulfone groups is 1. The molecular formula is C14H17N3O3S. The lowest BCUT2D eigenvalue weighted by Crippen LogP contribution is -2.26. The predicted octanol–water partition coefficient (Wildman–Crippen LogP) is 0.484. The molecule has 0 saturated carbocycles. The number of aromatic nitrogens is 2. The number of benzene rings is 1. The first kappa shape index (κ1) is 15.4. The van der Waals surface area contributed by atoms with E-state index < -0.39 is 15.5 Å². The number of nitrogens with two attached hydrogens (primary N) is 1. The molecule has 0 unspecified atom stereocenters. The molecule has 0 spiro atoms. The van der Waals surface area contributed by atoms with Gasteiger partial charge in [0.05, 0.1) is 10.6 Å². The van der Waals surface area contributed by atoms with Crippen molar-refractivity contribution in [2.75, 3.05) is 5.75 Å². The van der Waals surface area contributed by atoms with Crippen LogP contribution in [-0.2, 0) is 22.9 Å². The van der Waals surface area contributed by atoms with Crippen molar-refractivity contribution < 1.29 is 8.42 Å². The maximum Gasteiger partial charge on any atom is 0.347 e. The molecule has 0 aliphatic heterocycles. The number of hydrogen-bond donors (Lipinski definition) is 1. The van der Waals surface area contributed by atoms with Crippen molar-refractivity contribution in [3.05, 3.63) is 58.3 Å². The molecule has 1 aromatic heterocycles. The van der Waals surface area contributed by atoms with Gasteiger partial charge in [0.2, 0.25) is 0 Å². The van der Waals surface area contributed by atoms with Crippen LogP contribution in [0, 0.1) is 6.92 Å². The van der Waals surface area contributed by atoms with Crippen molar-refractivity contribution in [1.82, 2.24) is 9.55 Å². The number of nitrogens with zero attached hydrogens (tertiary/aromatic N) is 2. The summed E-state index contributed by atoms with van der Waals surface area (Å²) in [6.07, 6.45) is 3.06. The normalized spacial score (nSPS) is 11.5. The van der Waals surface area contributed by atoms with Gasteiger partial charge >= 0.3 is 5.69 Å². The Morgan fingerprint density at radius 3 is 2.52 bits per heavy atom. The van der Waals surface area contributed by atoms with E-state index >= 15 is 0 Å². The van der Waals surface area contributed by atoms with Gasteiger partial charge in [-0.2, -0.15) is 0 Å². The summed E-state index contributed by atoms with van der Waals surface area (Å²) in [6, 6.07) is 6.45. The maximum atomic E-state index is 12.2. The SMILES string of the molecule is Cc1cnc(=O)n(CCS(=O)(=O)c2ccc(CN)cc2)c1. The molecule has 0 fully saturated rings. The molecule has 0 aliphatic rings. The van der Waals surface area contributed by atoms with Gasteiger partial charge in [0, 0.05) is 25.5 Å². The summed E-state index contributed by atoms with van der Waals surface area (Å²) >= 11 is 0. The van der Waals surface area contributed by atoms with Crippen LogP contribution < -0.4 is 11.4 Å². The molecule has 112 valence electrons. The second-order valence-corrected chi connectivity index (χ2v) is 6.88. The van der Waals surface area contributed by atoms with Crippen LogP contribution in [0.3, 0.4) is 0 Å². The molecule has 21 heavy (non-hydrogen) atoms. The highest BCUT2D eigenvalue weighted by Crippen LogP contribution is 2.12. The molecule has 1 aromatic carbocycles. The average Bonchev–Trinajstić information content (AvgIpc) is 2.48. The Morgan fingerprint density at radius 2 is 1.90 bits per heavy atom. The third kappa shape index (κ3) is 3.77. The van der Waals surface area contributed by atoms with E-state index in [-0.39, 0.29) is 17.2 Å². The molecule has 2 rings (SSSR count). The van der Waals surface area contributed by atoms with Gasteiger partial charge in [-0.25, -0.2) is 18.2 Å². The molecule has 2 N–H and O–H groups in total. The van der Waals surface area contributed by atoms with Crippen molar-refractivity contribution in [2.24, 2.45) is 5.73 Å². The predicted molar refractivity (Wildman–Crippen MR) is 79.6 cm³/mol. The van der Waals surface area contributed by atoms with Gasteiger partial charge in [-0.05, 0) is 30.2 Å². The van der Waals surface area contributed by atoms with Crippen molar-refractivity contribution in [3.63, 3.8) is 0 Å². The second-order valence-electron chi connectivity index (χ2n) is 4.77. The van der Waals surface area contributed by atoms with E-state index in [0.717, 1.165) is 11.1 Å². The topological polar surface area (TPSA) is 95.0 Å². The lowest BCUT2D eigenvalue weighted by molar-refractivity contribution is 0.585. The van der Waals surface area contributed by atoms with Crippen molar-refractivity contribution in [2.45, 2.75) is 24.9 Å². The van der Waals surface area contributed by atoms with Crippen LogP contribution in [-0.4, -0.2) is 23.7 Å². The first-order valence-electron chi connectivity index (χ1n) is 6.47. The minimum absolute atomic E-state index is 0.0779. The molecule has 0 amide bonds. The van der Waals surface area contributed by atoms with Crippen molar-refractivity contribution >= 4 is 9.84 Å². The highest BCUT2D eigenvalue weighted by atomic mass is 32.2. The smallest absolute Gasteiger partial charge is 0.326 e. The minimum atomic E-state index is -3.44. The van der Waals surface area contributed by atoms with Crippen LogP contribution in [0.5, 0.6) is 0 Å². The van der Waals surface area contributed by atoms with Crippen LogP contribution in [0.1, 0.15) is 11.1 Å². The molecule has 7 heteroatoms. The van der Waals surface area contributed by atoms with Crippen LogP contribution in [0.4, 0.5) is 0 Å². The van der Waals surface area contributed by atoms with Gasteiger partial charge in [-0.3, -0.25) is 4.57 Å². The monoisotopic (exact) mass is 307 g/mol. The summed E-state index contributed by atoms with van der Waals surface area (Å²) in [7, 11) is -3.44. The van der Waals surface area contributed by atoms with Gasteiger partial charge in [-0.15, -0.1) is 0 Å². The second kappa shape index (κ2) is 6.19. The minimum Gasteiger partial charge on any atom is -0.326 e. The quantitative estimate of drug-likeness (QED) is 0.867. The molecule has 6 nitrogen and oxygen atoms in total. The molecule has 0 bridgehead atoms. The fraction of sp³-hybridized carbons (Fsp3) is 0.286. The Hall–Kier alpha value is -1.99. The van der Waals surface area contributed by atoms with Crippen LogP contribution >= 0.6 is 0 Å². The van der Waals surface area contributed by atoms with Gasteiger partial charge in [0.15, 0.2) is 9.84 Å². The van der Waals surface area contributed by atoms with Crippen LogP contribution in [0.15, 0.2) is 46.3 Å². The number of rotatable bonds is 5. The van der Waals surface area contributed by atoms with E-state index in [1.54, 1.807) is 25.3 Å². The first-order chi connectivity index (χ1) is 9.92. The van der Waals surface area contributed by atoms with Crippen molar-refractivity contribution in [1.29, 1.82) is 0 Å². The molecule has 0 atom stereocenters. The Kier molecular flexibility index (Phi) is 4.54. The largest absolute Gasteiger partial charge is 0.347 e. The lowest BCUT2D eigenvalue weighted by atomic mass is 10.2. The molecule has 1 heterocycles. The number of hydrogen-bond acceptors (Lipinski definition) is 5. The maximum absolute atomic E-state index is 12.2. The Labute approximate surface area is 123 Å². The van der Waals surface area contributed by atoms with E-state index in [2.05, 4.69) is 4.98 Å². The average molecular weight is 307 g/mol. The molecule has 0 saturated heterocycles. The van der Waals surface area contributed by atoms with E-state index in [4.69, 9.17) is 5.73 Å². The van der Waals surface area contributed by atoms with E-state index in [1.807, 2.05) is 0 Å². The fourth-order valence-electron chi connectivity index (χ4n) is 1.90. The van der Waals surface area contributed by atoms with Gasteiger partial charge in [0.1, 0.15) is 0 Å². The van der Waals surface area contributed by atoms with Gasteiger partial charge < -0.3 is 5.73 Å². The zero-order valence-electron chi connectivity index (χ0n) is 11.7. The molecule has 0 radical (unpaired) electrons. The fourth-order valence-corrected chi connectivity index (χ4v) is 3.12. The van der Waals surface area contributed by atoms with E-state index in [1.165, 1.54) is 22.9 Å². The highest BCUT2D eigenvalue weighted by Gasteiger charge is 2.14. The highest BCUT2D eigenvalue weighted by molar-refractivity contribution is 7.91. The summed E-state index contributed by atoms with van der Waals surface area (Å²) in [6.45, 7) is 2.24. The summed E-state index contributed by atoms with van der Waals surface area (Å²) in [4.78, 5) is 15.5. The third-order valence-electron chi connectivity index (χ3n) is 3.10. The van der Waals surface area contributed by atoms with Crippen LogP contribution in [0.2, 0.25) is 0 Å². The van der Waals surface area contributed by atoms with Gasteiger partial charge in [-0.1, -0.05) is 12.1 Å². The zero-order valence-corrected chi connectivity index (χ0v) is 12.5. The summed E-state index contributed by atoms with van der Waals surface area (Å²) < 4.78 is 25.8. The Morgan fingerprint density at radius 1 is 1.24 bits per heavy atom. The Bertz CT molecular complexity index is 780. The Balaban J connectivity index is 2.17. The molecule has 2 aromatic rings. The standard InChI is InChI=1S/C14H17N3O3S/c1-11-9-16-14(18)17(10-11)6-7-21(19,20)13-4-2-12(8-15)3-5-13/h2-5,9-10H,6-8,15H2,1H3. The lowest BCUT2D eigenvalue weighted by Gasteiger charge is -2.07. The summed E-state index contributed by atoms with van der Waals surface area (Å²) in [5, 5.41) is 0. The van der Waals surface area contributed by atoms with E-state index in [9.17, 15) is 13.2 Å². The van der Waals surface area contributed by atoms with Crippen molar-refractivity contribution in [3.8, 4) is 0 Å². The summed E-state index contributed by atoms with van der Waals surface area (Å²) in [5.74, 6) is -0.153.